The Balaban J connectivity index is 1.93. The van der Waals surface area contributed by atoms with E-state index in [1.54, 1.807) is 0 Å². The summed E-state index contributed by atoms with van der Waals surface area (Å²) in [5, 5.41) is 20.1. The van der Waals surface area contributed by atoms with Gasteiger partial charge in [0.05, 0.1) is 12.3 Å². The van der Waals surface area contributed by atoms with Crippen LogP contribution in [-0.2, 0) is 0 Å². The predicted molar refractivity (Wildman–Crippen MR) is 67.1 cm³/mol. The van der Waals surface area contributed by atoms with Gasteiger partial charge in [-0.25, -0.2) is 0 Å². The monoisotopic (exact) mass is 236 g/mol. The van der Waals surface area contributed by atoms with E-state index in [0.29, 0.717) is 12.5 Å². The smallest absolute Gasteiger partial charge is 0.148 e. The first-order chi connectivity index (χ1) is 8.29. The van der Waals surface area contributed by atoms with Crippen molar-refractivity contribution in [1.29, 1.82) is 0 Å². The molecule has 17 heavy (non-hydrogen) atoms. The number of aromatic nitrogens is 2. The number of anilines is 1. The van der Waals surface area contributed by atoms with Crippen LogP contribution in [0.2, 0.25) is 0 Å². The summed E-state index contributed by atoms with van der Waals surface area (Å²) >= 11 is 0. The zero-order chi connectivity index (χ0) is 12.1. The average Bonchev–Trinajstić information content (AvgIpc) is 2.38. The van der Waals surface area contributed by atoms with Gasteiger partial charge >= 0.3 is 0 Å². The molecule has 1 saturated heterocycles. The Bertz CT molecular complexity index is 333. The Morgan fingerprint density at radius 1 is 1.35 bits per heavy atom. The Morgan fingerprint density at radius 2 is 2.12 bits per heavy atom. The Kier molecular flexibility index (Phi) is 4.28. The highest BCUT2D eigenvalue weighted by Gasteiger charge is 2.19. The lowest BCUT2D eigenvalue weighted by Gasteiger charge is -2.28. The second-order valence-corrected chi connectivity index (χ2v) is 4.57. The Hall–Kier alpha value is -1.20. The number of nitrogens with one attached hydrogen (secondary N) is 1. The maximum Gasteiger partial charge on any atom is 0.148 e. The van der Waals surface area contributed by atoms with Crippen LogP contribution in [0.3, 0.4) is 0 Å². The lowest BCUT2D eigenvalue weighted by atomic mass is 9.94. The number of hydrogen-bond donors (Lipinski definition) is 2. The summed E-state index contributed by atoms with van der Waals surface area (Å²) in [5.41, 5.74) is 1.09. The van der Waals surface area contributed by atoms with Crippen molar-refractivity contribution in [1.82, 2.24) is 15.1 Å². The van der Waals surface area contributed by atoms with Crippen LogP contribution in [0.4, 0.5) is 5.82 Å². The quantitative estimate of drug-likeness (QED) is 0.805. The number of aliphatic hydroxyl groups excluding tert-OH is 1. The summed E-state index contributed by atoms with van der Waals surface area (Å²) in [4.78, 5) is 2.35. The largest absolute Gasteiger partial charge is 0.395 e. The van der Waals surface area contributed by atoms with Gasteiger partial charge in [0.15, 0.2) is 0 Å². The van der Waals surface area contributed by atoms with E-state index in [-0.39, 0.29) is 6.61 Å². The van der Waals surface area contributed by atoms with Gasteiger partial charge in [-0.2, -0.15) is 5.10 Å². The third-order valence-electron chi connectivity index (χ3n) is 3.24. The molecule has 1 aromatic heterocycles. The predicted octanol–water partition coefficient (Wildman–Crippen LogP) is 0.690. The van der Waals surface area contributed by atoms with Crippen molar-refractivity contribution in [2.24, 2.45) is 0 Å². The van der Waals surface area contributed by atoms with Gasteiger partial charge in [-0.15, -0.1) is 5.10 Å². The highest BCUT2D eigenvalue weighted by molar-refractivity contribution is 5.33. The summed E-state index contributed by atoms with van der Waals surface area (Å²) < 4.78 is 0. The van der Waals surface area contributed by atoms with Crippen LogP contribution in [0.15, 0.2) is 12.1 Å². The van der Waals surface area contributed by atoms with Crippen LogP contribution in [0.1, 0.15) is 24.5 Å². The van der Waals surface area contributed by atoms with Gasteiger partial charge in [0.2, 0.25) is 0 Å². The molecule has 0 spiro atoms. The lowest BCUT2D eigenvalue weighted by molar-refractivity contribution is 0.253. The fourth-order valence-corrected chi connectivity index (χ4v) is 2.14. The second kappa shape index (κ2) is 5.93. The lowest BCUT2D eigenvalue weighted by Crippen LogP contribution is -2.29. The summed E-state index contributed by atoms with van der Waals surface area (Å²) in [5.74, 6) is 1.28. The number of hydrogen-bond acceptors (Lipinski definition) is 5. The van der Waals surface area contributed by atoms with Crippen molar-refractivity contribution in [2.75, 3.05) is 38.6 Å². The van der Waals surface area contributed by atoms with Gasteiger partial charge in [0, 0.05) is 12.5 Å². The van der Waals surface area contributed by atoms with Crippen LogP contribution in [-0.4, -0.2) is 53.5 Å². The van der Waals surface area contributed by atoms with E-state index in [0.717, 1.165) is 37.4 Å². The number of rotatable bonds is 4. The number of aliphatic hydroxyl groups is 1. The molecule has 1 aliphatic heterocycles. The third kappa shape index (κ3) is 3.38. The molecule has 2 heterocycles. The highest BCUT2D eigenvalue weighted by atomic mass is 16.3. The molecular formula is C12H20N4O. The third-order valence-corrected chi connectivity index (χ3v) is 3.24. The molecule has 0 aliphatic carbocycles. The summed E-state index contributed by atoms with van der Waals surface area (Å²) in [6, 6.07) is 3.99. The minimum absolute atomic E-state index is 0.110. The molecule has 0 bridgehead atoms. The van der Waals surface area contributed by atoms with Crippen molar-refractivity contribution >= 4 is 5.82 Å². The Morgan fingerprint density at radius 3 is 2.71 bits per heavy atom. The SMILES string of the molecule is CN1CCC(c2ccc(NCCO)nn2)CC1. The van der Waals surface area contributed by atoms with Gasteiger partial charge in [-0.3, -0.25) is 0 Å². The molecule has 0 atom stereocenters. The van der Waals surface area contributed by atoms with Gasteiger partial charge < -0.3 is 15.3 Å². The first-order valence-corrected chi connectivity index (χ1v) is 6.16. The molecule has 0 radical (unpaired) electrons. The maximum atomic E-state index is 8.70. The average molecular weight is 236 g/mol. The van der Waals surface area contributed by atoms with Crippen molar-refractivity contribution in [3.05, 3.63) is 17.8 Å². The topological polar surface area (TPSA) is 61.3 Å². The number of piperidine rings is 1. The summed E-state index contributed by atoms with van der Waals surface area (Å²) in [6.07, 6.45) is 2.32. The first kappa shape index (κ1) is 12.3. The highest BCUT2D eigenvalue weighted by Crippen LogP contribution is 2.25. The second-order valence-electron chi connectivity index (χ2n) is 4.57. The molecule has 0 unspecified atom stereocenters. The molecule has 94 valence electrons. The van der Waals surface area contributed by atoms with Gasteiger partial charge in [-0.05, 0) is 45.1 Å². The van der Waals surface area contributed by atoms with Gasteiger partial charge in [0.1, 0.15) is 5.82 Å². The van der Waals surface area contributed by atoms with Gasteiger partial charge in [0.25, 0.3) is 0 Å². The fourth-order valence-electron chi connectivity index (χ4n) is 2.14. The molecule has 0 saturated carbocycles. The minimum Gasteiger partial charge on any atom is -0.395 e. The van der Waals surface area contributed by atoms with Crippen LogP contribution < -0.4 is 5.32 Å². The normalized spacial score (nSPS) is 18.2. The van der Waals surface area contributed by atoms with E-state index < -0.39 is 0 Å². The number of likely N-dealkylation sites (tertiary alicyclic amines) is 1. The van der Waals surface area contributed by atoms with Crippen LogP contribution in [0.5, 0.6) is 0 Å². The molecule has 5 heteroatoms. The summed E-state index contributed by atoms with van der Waals surface area (Å²) in [7, 11) is 2.16. The molecular weight excluding hydrogens is 216 g/mol. The van der Waals surface area contributed by atoms with E-state index in [1.807, 2.05) is 12.1 Å². The molecule has 0 aromatic carbocycles. The van der Waals surface area contributed by atoms with E-state index in [1.165, 1.54) is 0 Å². The Labute approximate surface area is 102 Å². The zero-order valence-corrected chi connectivity index (χ0v) is 10.3. The van der Waals surface area contributed by atoms with E-state index >= 15 is 0 Å². The van der Waals surface area contributed by atoms with E-state index in [2.05, 4.69) is 27.5 Å². The van der Waals surface area contributed by atoms with Crippen molar-refractivity contribution in [3.8, 4) is 0 Å². The molecule has 5 nitrogen and oxygen atoms in total. The van der Waals surface area contributed by atoms with Crippen LogP contribution >= 0.6 is 0 Å². The van der Waals surface area contributed by atoms with Crippen LogP contribution in [0.25, 0.3) is 0 Å². The van der Waals surface area contributed by atoms with E-state index in [4.69, 9.17) is 5.11 Å². The van der Waals surface area contributed by atoms with E-state index in [9.17, 15) is 0 Å². The van der Waals surface area contributed by atoms with Crippen molar-refractivity contribution in [3.63, 3.8) is 0 Å². The zero-order valence-electron chi connectivity index (χ0n) is 10.3. The molecule has 1 aliphatic rings. The molecule has 1 fully saturated rings. The molecule has 0 amide bonds. The molecule has 2 rings (SSSR count). The number of nitrogens with zero attached hydrogens (tertiary/aromatic N) is 3. The standard InChI is InChI=1S/C12H20N4O/c1-16-7-4-10(5-8-16)11-2-3-12(15-14-11)13-6-9-17/h2-3,10,17H,4-9H2,1H3,(H,13,15). The van der Waals surface area contributed by atoms with Crippen molar-refractivity contribution in [2.45, 2.75) is 18.8 Å². The molecule has 2 N–H and O–H groups in total. The van der Waals surface area contributed by atoms with Crippen molar-refractivity contribution < 1.29 is 5.11 Å². The van der Waals surface area contributed by atoms with Gasteiger partial charge in [-0.1, -0.05) is 0 Å². The van der Waals surface area contributed by atoms with Crippen LogP contribution in [0, 0.1) is 0 Å². The minimum atomic E-state index is 0.110. The summed E-state index contributed by atoms with van der Waals surface area (Å²) in [6.45, 7) is 2.90. The first-order valence-electron chi connectivity index (χ1n) is 6.16. The fraction of sp³-hybridized carbons (Fsp3) is 0.667. The molecule has 1 aromatic rings. The maximum absolute atomic E-state index is 8.70.